The average molecular weight is 327 g/mol. The summed E-state index contributed by atoms with van der Waals surface area (Å²) in [7, 11) is 0. The van der Waals surface area contributed by atoms with Crippen LogP contribution in [0.1, 0.15) is 47.0 Å². The number of likely N-dealkylation sites (tertiary alicyclic amines) is 1. The third-order valence-corrected chi connectivity index (χ3v) is 4.17. The van der Waals surface area contributed by atoms with Crippen molar-refractivity contribution in [1.82, 2.24) is 15.1 Å². The zero-order valence-corrected chi connectivity index (χ0v) is 14.6. The summed E-state index contributed by atoms with van der Waals surface area (Å²) >= 11 is 0. The molecule has 0 aromatic heterocycles. The van der Waals surface area contributed by atoms with Gasteiger partial charge in [0.15, 0.2) is 0 Å². The minimum atomic E-state index is -0.310. The smallest absolute Gasteiger partial charge is 0.409 e. The molecule has 0 aromatic rings. The van der Waals surface area contributed by atoms with Gasteiger partial charge in [0.1, 0.15) is 0 Å². The molecule has 1 saturated heterocycles. The van der Waals surface area contributed by atoms with Gasteiger partial charge in [0, 0.05) is 32.1 Å². The molecule has 1 aliphatic heterocycles. The monoisotopic (exact) mass is 327 g/mol. The van der Waals surface area contributed by atoms with Gasteiger partial charge < -0.3 is 19.9 Å². The van der Waals surface area contributed by atoms with Crippen LogP contribution in [-0.4, -0.2) is 66.0 Å². The summed E-state index contributed by atoms with van der Waals surface area (Å²) in [5.41, 5.74) is 0. The number of nitrogens with one attached hydrogen (secondary N) is 1. The Morgan fingerprint density at radius 2 is 1.87 bits per heavy atom. The maximum absolute atomic E-state index is 12.0. The Morgan fingerprint density at radius 3 is 2.35 bits per heavy atom. The number of carbonyl (C=O) groups excluding carboxylic acids is 3. The quantitative estimate of drug-likeness (QED) is 0.799. The molecule has 132 valence electrons. The van der Waals surface area contributed by atoms with E-state index in [0.717, 1.165) is 6.42 Å². The second kappa shape index (κ2) is 9.37. The first kappa shape index (κ1) is 19.3. The standard InChI is InChI=1S/C16H29N3O4/c1-5-12(3)17-15(21)11-19(13(4)20)14-7-9-18(10-8-14)16(22)23-6-2/h12,14H,5-11H2,1-4H3,(H,17,21). The zero-order chi connectivity index (χ0) is 17.4. The highest BCUT2D eigenvalue weighted by atomic mass is 16.6. The van der Waals surface area contributed by atoms with Crippen molar-refractivity contribution in [3.05, 3.63) is 0 Å². The lowest BCUT2D eigenvalue weighted by Gasteiger charge is -2.37. The third kappa shape index (κ3) is 6.08. The van der Waals surface area contributed by atoms with Crippen LogP contribution in [0.25, 0.3) is 0 Å². The van der Waals surface area contributed by atoms with Gasteiger partial charge in [0.25, 0.3) is 0 Å². The molecule has 0 bridgehead atoms. The SMILES string of the molecule is CCOC(=O)N1CCC(N(CC(=O)NC(C)CC)C(C)=O)CC1. The summed E-state index contributed by atoms with van der Waals surface area (Å²) in [5, 5.41) is 2.88. The molecule has 0 aliphatic carbocycles. The van der Waals surface area contributed by atoms with Crippen LogP contribution < -0.4 is 5.32 Å². The Hall–Kier alpha value is -1.79. The van der Waals surface area contributed by atoms with Gasteiger partial charge in [-0.2, -0.15) is 0 Å². The van der Waals surface area contributed by atoms with E-state index in [4.69, 9.17) is 4.74 Å². The molecule has 23 heavy (non-hydrogen) atoms. The molecule has 1 rings (SSSR count). The van der Waals surface area contributed by atoms with Crippen LogP contribution in [0, 0.1) is 0 Å². The van der Waals surface area contributed by atoms with Crippen LogP contribution in [0.3, 0.4) is 0 Å². The Balaban J connectivity index is 2.55. The Morgan fingerprint density at radius 1 is 1.26 bits per heavy atom. The second-order valence-electron chi connectivity index (χ2n) is 5.94. The van der Waals surface area contributed by atoms with Crippen LogP contribution in [-0.2, 0) is 14.3 Å². The van der Waals surface area contributed by atoms with Gasteiger partial charge in [-0.15, -0.1) is 0 Å². The molecule has 0 spiro atoms. The van der Waals surface area contributed by atoms with E-state index in [2.05, 4.69) is 5.32 Å². The maximum atomic E-state index is 12.0. The van der Waals surface area contributed by atoms with Crippen LogP contribution in [0.5, 0.6) is 0 Å². The summed E-state index contributed by atoms with van der Waals surface area (Å²) in [6, 6.07) is 0.0860. The number of rotatable bonds is 6. The molecule has 0 aromatic carbocycles. The van der Waals surface area contributed by atoms with Crippen molar-refractivity contribution >= 4 is 17.9 Å². The predicted molar refractivity (Wildman–Crippen MR) is 86.9 cm³/mol. The molecule has 7 nitrogen and oxygen atoms in total. The lowest BCUT2D eigenvalue weighted by Crippen LogP contribution is -2.51. The van der Waals surface area contributed by atoms with E-state index in [1.54, 1.807) is 16.7 Å². The fourth-order valence-corrected chi connectivity index (χ4v) is 2.65. The van der Waals surface area contributed by atoms with Gasteiger partial charge >= 0.3 is 6.09 Å². The number of amides is 3. The topological polar surface area (TPSA) is 79.0 Å². The van der Waals surface area contributed by atoms with Gasteiger partial charge in [0.2, 0.25) is 11.8 Å². The third-order valence-electron chi connectivity index (χ3n) is 4.17. The molecule has 1 unspecified atom stereocenters. The van der Waals surface area contributed by atoms with Crippen LogP contribution in [0.2, 0.25) is 0 Å². The number of nitrogens with zero attached hydrogens (tertiary/aromatic N) is 2. The lowest BCUT2D eigenvalue weighted by atomic mass is 10.0. The Bertz CT molecular complexity index is 420. The highest BCUT2D eigenvalue weighted by Crippen LogP contribution is 2.17. The summed E-state index contributed by atoms with van der Waals surface area (Å²) in [4.78, 5) is 38.9. The molecule has 1 N–H and O–H groups in total. The molecule has 0 radical (unpaired) electrons. The highest BCUT2D eigenvalue weighted by molar-refractivity contribution is 5.84. The second-order valence-corrected chi connectivity index (χ2v) is 5.94. The van der Waals surface area contributed by atoms with Crippen LogP contribution in [0.15, 0.2) is 0 Å². The van der Waals surface area contributed by atoms with E-state index in [9.17, 15) is 14.4 Å². The Kier molecular flexibility index (Phi) is 7.85. The number of piperidine rings is 1. The highest BCUT2D eigenvalue weighted by Gasteiger charge is 2.30. The van der Waals surface area contributed by atoms with Gasteiger partial charge in [0.05, 0.1) is 13.2 Å². The predicted octanol–water partition coefficient (Wildman–Crippen LogP) is 1.37. The molecule has 7 heteroatoms. The number of carbonyl (C=O) groups is 3. The molecular weight excluding hydrogens is 298 g/mol. The number of hydrogen-bond donors (Lipinski definition) is 1. The van der Waals surface area contributed by atoms with E-state index in [1.165, 1.54) is 6.92 Å². The van der Waals surface area contributed by atoms with Gasteiger partial charge in [-0.3, -0.25) is 9.59 Å². The molecule has 1 aliphatic rings. The van der Waals surface area contributed by atoms with Gasteiger partial charge in [-0.1, -0.05) is 6.92 Å². The summed E-state index contributed by atoms with van der Waals surface area (Å²) in [6.45, 7) is 8.71. The van der Waals surface area contributed by atoms with Crippen molar-refractivity contribution in [2.75, 3.05) is 26.2 Å². The largest absolute Gasteiger partial charge is 0.450 e. The first-order valence-electron chi connectivity index (χ1n) is 8.37. The van der Waals surface area contributed by atoms with Crippen molar-refractivity contribution in [2.45, 2.75) is 59.0 Å². The Labute approximate surface area is 138 Å². The van der Waals surface area contributed by atoms with E-state index >= 15 is 0 Å². The first-order valence-corrected chi connectivity index (χ1v) is 8.37. The number of hydrogen-bond acceptors (Lipinski definition) is 4. The first-order chi connectivity index (χ1) is 10.9. The normalized spacial score (nSPS) is 16.6. The molecule has 1 heterocycles. The molecule has 1 atom stereocenters. The minimum absolute atomic E-state index is 0.0131. The summed E-state index contributed by atoms with van der Waals surface area (Å²) in [6.07, 6.45) is 1.86. The average Bonchev–Trinajstić information content (AvgIpc) is 2.52. The van der Waals surface area contributed by atoms with Crippen molar-refractivity contribution < 1.29 is 19.1 Å². The van der Waals surface area contributed by atoms with Gasteiger partial charge in [-0.25, -0.2) is 4.79 Å². The number of ether oxygens (including phenoxy) is 1. The lowest BCUT2D eigenvalue weighted by molar-refractivity contribution is -0.137. The molecule has 1 fully saturated rings. The zero-order valence-electron chi connectivity index (χ0n) is 14.6. The van der Waals surface area contributed by atoms with Gasteiger partial charge in [-0.05, 0) is 33.1 Å². The molecule has 0 saturated carbocycles. The molecule has 3 amide bonds. The van der Waals surface area contributed by atoms with E-state index < -0.39 is 0 Å². The maximum Gasteiger partial charge on any atom is 0.409 e. The molecular formula is C16H29N3O4. The minimum Gasteiger partial charge on any atom is -0.450 e. The van der Waals surface area contributed by atoms with Crippen LogP contribution in [0.4, 0.5) is 4.79 Å². The van der Waals surface area contributed by atoms with Crippen molar-refractivity contribution in [3.8, 4) is 0 Å². The fourth-order valence-electron chi connectivity index (χ4n) is 2.65. The van der Waals surface area contributed by atoms with E-state index in [-0.39, 0.29) is 36.5 Å². The van der Waals surface area contributed by atoms with Crippen molar-refractivity contribution in [1.29, 1.82) is 0 Å². The van der Waals surface area contributed by atoms with E-state index in [0.29, 0.717) is 32.5 Å². The van der Waals surface area contributed by atoms with E-state index in [1.807, 2.05) is 13.8 Å². The van der Waals surface area contributed by atoms with Crippen LogP contribution >= 0.6 is 0 Å². The summed E-state index contributed by atoms with van der Waals surface area (Å²) in [5.74, 6) is -0.249. The summed E-state index contributed by atoms with van der Waals surface area (Å²) < 4.78 is 4.99. The fraction of sp³-hybridized carbons (Fsp3) is 0.812. The van der Waals surface area contributed by atoms with Crippen molar-refractivity contribution in [2.24, 2.45) is 0 Å². The van der Waals surface area contributed by atoms with Crippen molar-refractivity contribution in [3.63, 3.8) is 0 Å².